The second-order valence-electron chi connectivity index (χ2n) is 6.28. The Labute approximate surface area is 145 Å². The maximum Gasteiger partial charge on any atom is 0.252 e. The molecule has 3 rings (SSSR count). The molecule has 1 aliphatic rings. The second-order valence-corrected chi connectivity index (χ2v) is 6.28. The second kappa shape index (κ2) is 6.78. The third kappa shape index (κ3) is 3.11. The van der Waals surface area contributed by atoms with Gasteiger partial charge in [0, 0.05) is 11.7 Å². The smallest absolute Gasteiger partial charge is 0.252 e. The van der Waals surface area contributed by atoms with E-state index in [1.807, 2.05) is 19.9 Å². The summed E-state index contributed by atoms with van der Waals surface area (Å²) in [6.45, 7) is 3.83. The van der Waals surface area contributed by atoms with Gasteiger partial charge in [-0.15, -0.1) is 5.10 Å². The molecule has 0 aliphatic heterocycles. The number of rotatable bonds is 4. The van der Waals surface area contributed by atoms with Gasteiger partial charge < -0.3 is 9.88 Å². The van der Waals surface area contributed by atoms with E-state index in [1.165, 1.54) is 11.0 Å². The molecule has 1 amide bonds. The molecule has 1 saturated carbocycles. The van der Waals surface area contributed by atoms with Crippen LogP contribution in [0.4, 0.5) is 5.82 Å². The molecule has 0 aromatic carbocycles. The van der Waals surface area contributed by atoms with Gasteiger partial charge in [0.25, 0.3) is 5.82 Å². The summed E-state index contributed by atoms with van der Waals surface area (Å²) < 4.78 is 3.41. The Bertz CT molecular complexity index is 887. The van der Waals surface area contributed by atoms with Gasteiger partial charge in [-0.1, -0.05) is 12.8 Å². The van der Waals surface area contributed by atoms with E-state index in [0.717, 1.165) is 36.9 Å². The van der Waals surface area contributed by atoms with Crippen LogP contribution >= 0.6 is 0 Å². The van der Waals surface area contributed by atoms with Gasteiger partial charge in [-0.05, 0) is 32.3 Å². The number of anilines is 1. The zero-order chi connectivity index (χ0) is 18.0. The maximum atomic E-state index is 12.4. The van der Waals surface area contributed by atoms with Crippen molar-refractivity contribution in [3.8, 4) is 12.1 Å². The number of nitriles is 2. The van der Waals surface area contributed by atoms with Crippen molar-refractivity contribution in [3.05, 3.63) is 29.0 Å². The first-order valence-corrected chi connectivity index (χ1v) is 8.26. The van der Waals surface area contributed by atoms with Crippen LogP contribution < -0.4 is 5.32 Å². The fraction of sp³-hybridized carbons (Fsp3) is 0.471. The van der Waals surface area contributed by atoms with E-state index < -0.39 is 0 Å². The quantitative estimate of drug-likeness (QED) is 0.919. The Kier molecular flexibility index (Phi) is 4.53. The lowest BCUT2D eigenvalue weighted by Gasteiger charge is -2.19. The standard InChI is InChI=1S/C17H19N7O/c1-11-12(2)24(13-5-3-4-6-13)17(14(11)7-18)21-16(25)9-23-10-20-15(8-19)22-23/h10,13H,3-6,9H2,1-2H3,(H,21,25). The molecule has 8 heteroatoms. The van der Waals surface area contributed by atoms with E-state index >= 15 is 0 Å². The number of hydrogen-bond acceptors (Lipinski definition) is 5. The fourth-order valence-corrected chi connectivity index (χ4v) is 3.45. The molecule has 0 spiro atoms. The highest BCUT2D eigenvalue weighted by Crippen LogP contribution is 2.37. The number of amides is 1. The highest BCUT2D eigenvalue weighted by molar-refractivity contribution is 5.91. The number of nitrogens with one attached hydrogen (secondary N) is 1. The van der Waals surface area contributed by atoms with E-state index in [4.69, 9.17) is 5.26 Å². The lowest BCUT2D eigenvalue weighted by molar-refractivity contribution is -0.117. The number of hydrogen-bond donors (Lipinski definition) is 1. The molecule has 8 nitrogen and oxygen atoms in total. The average Bonchev–Trinajstić information content (AvgIpc) is 3.30. The third-order valence-electron chi connectivity index (χ3n) is 4.76. The molecule has 0 radical (unpaired) electrons. The summed E-state index contributed by atoms with van der Waals surface area (Å²) in [5.74, 6) is 0.282. The first-order chi connectivity index (χ1) is 12.0. The van der Waals surface area contributed by atoms with Crippen molar-refractivity contribution in [2.75, 3.05) is 5.32 Å². The minimum atomic E-state index is -0.303. The summed E-state index contributed by atoms with van der Waals surface area (Å²) in [6, 6.07) is 4.35. The van der Waals surface area contributed by atoms with Gasteiger partial charge in [-0.3, -0.25) is 4.79 Å². The summed E-state index contributed by atoms with van der Waals surface area (Å²) >= 11 is 0. The van der Waals surface area contributed by atoms with Gasteiger partial charge in [-0.2, -0.15) is 10.5 Å². The van der Waals surface area contributed by atoms with Crippen molar-refractivity contribution in [3.63, 3.8) is 0 Å². The molecule has 2 aromatic rings. The lowest BCUT2D eigenvalue weighted by atomic mass is 10.2. The highest BCUT2D eigenvalue weighted by atomic mass is 16.2. The minimum absolute atomic E-state index is 0.0199. The van der Waals surface area contributed by atoms with Crippen LogP contribution in [0.15, 0.2) is 6.33 Å². The van der Waals surface area contributed by atoms with E-state index in [9.17, 15) is 10.1 Å². The Hall–Kier alpha value is -3.13. The van der Waals surface area contributed by atoms with Gasteiger partial charge in [0.1, 0.15) is 30.8 Å². The number of aromatic nitrogens is 4. The van der Waals surface area contributed by atoms with Crippen LogP contribution in [-0.4, -0.2) is 25.2 Å². The fourth-order valence-electron chi connectivity index (χ4n) is 3.45. The molecular formula is C17H19N7O. The lowest BCUT2D eigenvalue weighted by Crippen LogP contribution is -2.22. The minimum Gasteiger partial charge on any atom is -0.327 e. The van der Waals surface area contributed by atoms with Crippen LogP contribution in [0.5, 0.6) is 0 Å². The van der Waals surface area contributed by atoms with Crippen LogP contribution in [0.2, 0.25) is 0 Å². The number of carbonyl (C=O) groups excluding carboxylic acids is 1. The molecule has 2 aromatic heterocycles. The Morgan fingerprint density at radius 2 is 2.04 bits per heavy atom. The van der Waals surface area contributed by atoms with Gasteiger partial charge in [0.05, 0.1) is 5.56 Å². The molecule has 0 saturated heterocycles. The van der Waals surface area contributed by atoms with Gasteiger partial charge >= 0.3 is 0 Å². The van der Waals surface area contributed by atoms with Crippen molar-refractivity contribution in [1.29, 1.82) is 10.5 Å². The molecule has 2 heterocycles. The Morgan fingerprint density at radius 3 is 2.64 bits per heavy atom. The Balaban J connectivity index is 1.88. The average molecular weight is 337 g/mol. The van der Waals surface area contributed by atoms with Gasteiger partial charge in [-0.25, -0.2) is 9.67 Å². The summed E-state index contributed by atoms with van der Waals surface area (Å²) in [7, 11) is 0. The summed E-state index contributed by atoms with van der Waals surface area (Å²) in [6.07, 6.45) is 5.77. The zero-order valence-corrected chi connectivity index (χ0v) is 14.3. The van der Waals surface area contributed by atoms with E-state index in [1.54, 1.807) is 0 Å². The summed E-state index contributed by atoms with van der Waals surface area (Å²) in [4.78, 5) is 16.2. The molecule has 0 bridgehead atoms. The largest absolute Gasteiger partial charge is 0.327 e. The molecule has 25 heavy (non-hydrogen) atoms. The SMILES string of the molecule is Cc1c(C#N)c(NC(=O)Cn2cnc(C#N)n2)n(C2CCCC2)c1C. The van der Waals surface area contributed by atoms with E-state index in [0.29, 0.717) is 17.4 Å². The van der Waals surface area contributed by atoms with Gasteiger partial charge in [0.15, 0.2) is 0 Å². The maximum absolute atomic E-state index is 12.4. The van der Waals surface area contributed by atoms with Crippen molar-refractivity contribution >= 4 is 11.7 Å². The summed E-state index contributed by atoms with van der Waals surface area (Å²) in [5.41, 5.74) is 2.43. The number of carbonyl (C=O) groups is 1. The van der Waals surface area contributed by atoms with Gasteiger partial charge in [0.2, 0.25) is 5.91 Å². The first-order valence-electron chi connectivity index (χ1n) is 8.26. The molecule has 1 N–H and O–H groups in total. The summed E-state index contributed by atoms with van der Waals surface area (Å²) in [5, 5.41) is 25.1. The normalized spacial score (nSPS) is 14.2. The zero-order valence-electron chi connectivity index (χ0n) is 14.3. The monoisotopic (exact) mass is 337 g/mol. The van der Waals surface area contributed by atoms with E-state index in [2.05, 4.69) is 26.0 Å². The molecular weight excluding hydrogens is 318 g/mol. The van der Waals surface area contributed by atoms with Crippen LogP contribution in [0.1, 0.15) is 54.4 Å². The van der Waals surface area contributed by atoms with Crippen LogP contribution in [0.25, 0.3) is 0 Å². The molecule has 1 fully saturated rings. The Morgan fingerprint density at radius 1 is 1.32 bits per heavy atom. The predicted octanol–water partition coefficient (Wildman–Crippen LogP) is 2.19. The van der Waals surface area contributed by atoms with Crippen LogP contribution in [0.3, 0.4) is 0 Å². The van der Waals surface area contributed by atoms with Crippen molar-refractivity contribution in [1.82, 2.24) is 19.3 Å². The number of nitrogens with zero attached hydrogens (tertiary/aromatic N) is 6. The van der Waals surface area contributed by atoms with Crippen molar-refractivity contribution in [2.45, 2.75) is 52.1 Å². The van der Waals surface area contributed by atoms with Crippen LogP contribution in [-0.2, 0) is 11.3 Å². The highest BCUT2D eigenvalue weighted by Gasteiger charge is 2.26. The van der Waals surface area contributed by atoms with Crippen molar-refractivity contribution in [2.24, 2.45) is 0 Å². The molecule has 0 unspecified atom stereocenters. The first kappa shape index (κ1) is 16.7. The third-order valence-corrected chi connectivity index (χ3v) is 4.76. The molecule has 0 atom stereocenters. The van der Waals surface area contributed by atoms with Crippen molar-refractivity contribution < 1.29 is 4.79 Å². The van der Waals surface area contributed by atoms with Crippen LogP contribution in [0, 0.1) is 36.5 Å². The topological polar surface area (TPSA) is 112 Å². The van der Waals surface area contributed by atoms with E-state index in [-0.39, 0.29) is 18.3 Å². The predicted molar refractivity (Wildman–Crippen MR) is 89.5 cm³/mol. The molecule has 1 aliphatic carbocycles. The molecule has 128 valence electrons.